The van der Waals surface area contributed by atoms with Crippen molar-refractivity contribution in [3.8, 4) is 5.75 Å². The molecule has 1 rings (SSSR count). The Morgan fingerprint density at radius 2 is 1.78 bits per heavy atom. The monoisotopic (exact) mass is 249 g/mol. The van der Waals surface area contributed by atoms with E-state index in [1.807, 2.05) is 6.92 Å². The Kier molecular flexibility index (Phi) is 5.52. The van der Waals surface area contributed by atoms with Crippen LogP contribution in [-0.4, -0.2) is 6.61 Å². The highest BCUT2D eigenvalue weighted by Crippen LogP contribution is 2.31. The lowest BCUT2D eigenvalue weighted by atomic mass is 9.99. The van der Waals surface area contributed by atoms with Crippen molar-refractivity contribution in [1.29, 1.82) is 0 Å². The maximum Gasteiger partial charge on any atom is 0.123 e. The number of rotatable bonds is 6. The van der Waals surface area contributed by atoms with Crippen LogP contribution in [0.5, 0.6) is 5.75 Å². The number of nitrogen functional groups attached to an aromatic ring is 1. The fourth-order valence-electron chi connectivity index (χ4n) is 2.02. The van der Waals surface area contributed by atoms with Gasteiger partial charge in [0.1, 0.15) is 5.75 Å². The van der Waals surface area contributed by atoms with E-state index in [-0.39, 0.29) is 0 Å². The van der Waals surface area contributed by atoms with Crippen LogP contribution >= 0.6 is 0 Å². The molecule has 0 aliphatic heterocycles. The van der Waals surface area contributed by atoms with E-state index in [9.17, 15) is 0 Å². The Morgan fingerprint density at radius 3 is 2.28 bits per heavy atom. The quantitative estimate of drug-likeness (QED) is 0.752. The molecule has 2 heteroatoms. The first-order valence-corrected chi connectivity index (χ1v) is 7.02. The van der Waals surface area contributed by atoms with Crippen LogP contribution in [0.1, 0.15) is 57.6 Å². The highest BCUT2D eigenvalue weighted by atomic mass is 16.5. The van der Waals surface area contributed by atoms with E-state index in [0.717, 1.165) is 23.6 Å². The molecule has 0 fully saturated rings. The van der Waals surface area contributed by atoms with Crippen molar-refractivity contribution in [1.82, 2.24) is 0 Å². The lowest BCUT2D eigenvalue weighted by Gasteiger charge is -2.19. The minimum absolute atomic E-state index is 0.435. The Balaban J connectivity index is 2.89. The molecule has 2 nitrogen and oxygen atoms in total. The maximum absolute atomic E-state index is 6.02. The molecule has 102 valence electrons. The topological polar surface area (TPSA) is 35.2 Å². The van der Waals surface area contributed by atoms with Crippen molar-refractivity contribution < 1.29 is 4.74 Å². The van der Waals surface area contributed by atoms with Gasteiger partial charge >= 0.3 is 0 Å². The third-order valence-corrected chi connectivity index (χ3v) is 3.65. The first-order valence-electron chi connectivity index (χ1n) is 7.02. The zero-order chi connectivity index (χ0) is 13.7. The lowest BCUT2D eigenvalue weighted by molar-refractivity contribution is 0.238. The van der Waals surface area contributed by atoms with Crippen molar-refractivity contribution in [2.24, 2.45) is 5.92 Å². The van der Waals surface area contributed by atoms with E-state index in [2.05, 4.69) is 39.8 Å². The summed E-state index contributed by atoms with van der Waals surface area (Å²) in [7, 11) is 0. The van der Waals surface area contributed by atoms with Gasteiger partial charge in [-0.2, -0.15) is 0 Å². The first-order chi connectivity index (χ1) is 8.49. The Morgan fingerprint density at radius 1 is 1.17 bits per heavy atom. The molecule has 2 N–H and O–H groups in total. The van der Waals surface area contributed by atoms with Gasteiger partial charge in [-0.1, -0.05) is 40.5 Å². The summed E-state index contributed by atoms with van der Waals surface area (Å²) in [5, 5.41) is 0. The summed E-state index contributed by atoms with van der Waals surface area (Å²) >= 11 is 0. The van der Waals surface area contributed by atoms with E-state index in [0.29, 0.717) is 11.8 Å². The molecular formula is C16H27NO. The van der Waals surface area contributed by atoms with Crippen LogP contribution in [-0.2, 0) is 0 Å². The van der Waals surface area contributed by atoms with E-state index in [1.54, 1.807) is 0 Å². The molecule has 0 saturated carbocycles. The van der Waals surface area contributed by atoms with Crippen molar-refractivity contribution in [2.75, 3.05) is 12.3 Å². The maximum atomic E-state index is 6.02. The molecule has 0 radical (unpaired) electrons. The van der Waals surface area contributed by atoms with Crippen molar-refractivity contribution in [3.05, 3.63) is 23.3 Å². The molecule has 0 aromatic heterocycles. The van der Waals surface area contributed by atoms with Gasteiger partial charge < -0.3 is 10.5 Å². The second-order valence-electron chi connectivity index (χ2n) is 5.39. The van der Waals surface area contributed by atoms with Gasteiger partial charge in [-0.15, -0.1) is 0 Å². The van der Waals surface area contributed by atoms with Crippen LogP contribution in [0.3, 0.4) is 0 Å². The number of ether oxygens (including phenoxy) is 1. The van der Waals surface area contributed by atoms with Gasteiger partial charge in [-0.25, -0.2) is 0 Å². The Labute approximate surface area is 112 Å². The molecule has 0 spiro atoms. The Bertz CT molecular complexity index is 381. The average Bonchev–Trinajstić information content (AvgIpc) is 2.34. The molecule has 0 amide bonds. The highest BCUT2D eigenvalue weighted by molar-refractivity contribution is 5.55. The largest absolute Gasteiger partial charge is 0.493 e. The second-order valence-corrected chi connectivity index (χ2v) is 5.39. The minimum atomic E-state index is 0.435. The number of aryl methyl sites for hydroxylation is 1. The van der Waals surface area contributed by atoms with Crippen LogP contribution in [0, 0.1) is 12.8 Å². The molecule has 0 saturated heterocycles. The predicted octanol–water partition coefficient (Wildman–Crippen LogP) is 4.52. The molecule has 0 heterocycles. The summed E-state index contributed by atoms with van der Waals surface area (Å²) in [6.07, 6.45) is 2.34. The normalized spacial score (nSPS) is 11.3. The zero-order valence-corrected chi connectivity index (χ0v) is 12.4. The second kappa shape index (κ2) is 6.67. The average molecular weight is 249 g/mol. The smallest absolute Gasteiger partial charge is 0.123 e. The van der Waals surface area contributed by atoms with Gasteiger partial charge in [0.05, 0.1) is 6.61 Å². The fraction of sp³-hybridized carbons (Fsp3) is 0.625. The molecule has 0 unspecified atom stereocenters. The molecule has 18 heavy (non-hydrogen) atoms. The highest BCUT2D eigenvalue weighted by Gasteiger charge is 2.12. The van der Waals surface area contributed by atoms with Gasteiger partial charge in [0.25, 0.3) is 0 Å². The van der Waals surface area contributed by atoms with E-state index < -0.39 is 0 Å². The molecule has 0 atom stereocenters. The van der Waals surface area contributed by atoms with Crippen molar-refractivity contribution in [2.45, 2.75) is 53.4 Å². The van der Waals surface area contributed by atoms with Gasteiger partial charge in [0.2, 0.25) is 0 Å². The SMILES string of the molecule is CCC(CC)COc1cc(C)c(N)cc1C(C)C. The number of nitrogens with two attached hydrogens (primary N) is 1. The van der Waals surface area contributed by atoms with Gasteiger partial charge in [0, 0.05) is 5.69 Å². The van der Waals surface area contributed by atoms with Crippen LogP contribution in [0.25, 0.3) is 0 Å². The number of hydrogen-bond donors (Lipinski definition) is 1. The molecule has 0 aliphatic rings. The number of hydrogen-bond acceptors (Lipinski definition) is 2. The summed E-state index contributed by atoms with van der Waals surface area (Å²) < 4.78 is 6.02. The third kappa shape index (κ3) is 3.66. The minimum Gasteiger partial charge on any atom is -0.493 e. The lowest BCUT2D eigenvalue weighted by Crippen LogP contribution is -2.12. The predicted molar refractivity (Wildman–Crippen MR) is 79.2 cm³/mol. The van der Waals surface area contributed by atoms with Gasteiger partial charge in [-0.05, 0) is 42.0 Å². The van der Waals surface area contributed by atoms with E-state index >= 15 is 0 Å². The number of benzene rings is 1. The molecule has 1 aromatic carbocycles. The van der Waals surface area contributed by atoms with Crippen molar-refractivity contribution >= 4 is 5.69 Å². The van der Waals surface area contributed by atoms with E-state index in [4.69, 9.17) is 10.5 Å². The molecule has 0 aliphatic carbocycles. The van der Waals surface area contributed by atoms with Crippen LogP contribution in [0.2, 0.25) is 0 Å². The van der Waals surface area contributed by atoms with Crippen LogP contribution in [0.15, 0.2) is 12.1 Å². The summed E-state index contributed by atoms with van der Waals surface area (Å²) in [4.78, 5) is 0. The third-order valence-electron chi connectivity index (χ3n) is 3.65. The zero-order valence-electron chi connectivity index (χ0n) is 12.4. The fourth-order valence-corrected chi connectivity index (χ4v) is 2.02. The standard InChI is InChI=1S/C16H27NO/c1-6-13(7-2)10-18-16-8-12(5)15(17)9-14(16)11(3)4/h8-9,11,13H,6-7,10,17H2,1-5H3. The molecular weight excluding hydrogens is 222 g/mol. The van der Waals surface area contributed by atoms with Gasteiger partial charge in [0.15, 0.2) is 0 Å². The van der Waals surface area contributed by atoms with Gasteiger partial charge in [-0.3, -0.25) is 0 Å². The van der Waals surface area contributed by atoms with Crippen molar-refractivity contribution in [3.63, 3.8) is 0 Å². The van der Waals surface area contributed by atoms with E-state index in [1.165, 1.54) is 18.4 Å². The first kappa shape index (κ1) is 14.9. The molecule has 0 bridgehead atoms. The summed E-state index contributed by atoms with van der Waals surface area (Å²) in [5.74, 6) is 2.08. The summed E-state index contributed by atoms with van der Waals surface area (Å²) in [6, 6.07) is 4.13. The molecule has 1 aromatic rings. The summed E-state index contributed by atoms with van der Waals surface area (Å²) in [6.45, 7) is 11.6. The number of anilines is 1. The van der Waals surface area contributed by atoms with Crippen LogP contribution < -0.4 is 10.5 Å². The Hall–Kier alpha value is -1.18. The summed E-state index contributed by atoms with van der Waals surface area (Å²) in [5.41, 5.74) is 9.14. The van der Waals surface area contributed by atoms with Crippen LogP contribution in [0.4, 0.5) is 5.69 Å².